The van der Waals surface area contributed by atoms with Gasteiger partial charge in [0.25, 0.3) is 0 Å². The zero-order valence-electron chi connectivity index (χ0n) is 7.27. The number of benzene rings is 1. The Labute approximate surface area is 87.7 Å². The van der Waals surface area contributed by atoms with E-state index in [4.69, 9.17) is 5.11 Å². The van der Waals surface area contributed by atoms with Crippen LogP contribution in [-0.4, -0.2) is 11.3 Å². The summed E-state index contributed by atoms with van der Waals surface area (Å²) in [4.78, 5) is 0. The SMILES string of the molecule is Cc1ccc(C(O)C(F)(F)F)c(Br)c1. The molecule has 5 heteroatoms. The summed E-state index contributed by atoms with van der Waals surface area (Å²) in [5, 5.41) is 8.97. The van der Waals surface area contributed by atoms with E-state index in [0.717, 1.165) is 5.56 Å². The average molecular weight is 269 g/mol. The molecule has 1 nitrogen and oxygen atoms in total. The van der Waals surface area contributed by atoms with Crippen molar-refractivity contribution in [3.8, 4) is 0 Å². The molecule has 78 valence electrons. The van der Waals surface area contributed by atoms with Crippen LogP contribution in [0.15, 0.2) is 22.7 Å². The van der Waals surface area contributed by atoms with Gasteiger partial charge in [-0.25, -0.2) is 0 Å². The number of hydrogen-bond acceptors (Lipinski definition) is 1. The molecule has 1 rings (SSSR count). The molecule has 0 aliphatic carbocycles. The first kappa shape index (κ1) is 11.5. The second-order valence-electron chi connectivity index (χ2n) is 2.97. The Balaban J connectivity index is 3.08. The van der Waals surface area contributed by atoms with Crippen LogP contribution in [0.5, 0.6) is 0 Å². The van der Waals surface area contributed by atoms with Crippen LogP contribution in [0.2, 0.25) is 0 Å². The number of alkyl halides is 3. The molecule has 0 heterocycles. The molecule has 0 spiro atoms. The summed E-state index contributed by atoms with van der Waals surface area (Å²) in [6, 6.07) is 4.32. The van der Waals surface area contributed by atoms with Crippen molar-refractivity contribution in [2.75, 3.05) is 0 Å². The highest BCUT2D eigenvalue weighted by atomic mass is 79.9. The first-order chi connectivity index (χ1) is 6.32. The number of rotatable bonds is 1. The lowest BCUT2D eigenvalue weighted by atomic mass is 10.1. The second kappa shape index (κ2) is 3.90. The van der Waals surface area contributed by atoms with Gasteiger partial charge in [-0.3, -0.25) is 0 Å². The van der Waals surface area contributed by atoms with Gasteiger partial charge in [-0.2, -0.15) is 13.2 Å². The van der Waals surface area contributed by atoms with Crippen molar-refractivity contribution in [1.29, 1.82) is 0 Å². The van der Waals surface area contributed by atoms with Gasteiger partial charge in [-0.05, 0) is 18.6 Å². The third-order valence-corrected chi connectivity index (χ3v) is 2.45. The monoisotopic (exact) mass is 268 g/mol. The third kappa shape index (κ3) is 2.48. The Bertz CT molecular complexity index is 335. The van der Waals surface area contributed by atoms with E-state index in [0.29, 0.717) is 0 Å². The predicted molar refractivity (Wildman–Crippen MR) is 49.9 cm³/mol. The Morgan fingerprint density at radius 3 is 2.36 bits per heavy atom. The normalized spacial score (nSPS) is 14.1. The molecule has 0 aliphatic heterocycles. The second-order valence-corrected chi connectivity index (χ2v) is 3.82. The smallest absolute Gasteiger partial charge is 0.379 e. The third-order valence-electron chi connectivity index (χ3n) is 1.76. The molecule has 1 atom stereocenters. The van der Waals surface area contributed by atoms with E-state index >= 15 is 0 Å². The van der Waals surface area contributed by atoms with Gasteiger partial charge < -0.3 is 5.11 Å². The van der Waals surface area contributed by atoms with Gasteiger partial charge in [0.1, 0.15) is 0 Å². The molecule has 0 saturated heterocycles. The van der Waals surface area contributed by atoms with Crippen molar-refractivity contribution in [1.82, 2.24) is 0 Å². The van der Waals surface area contributed by atoms with Crippen LogP contribution in [0, 0.1) is 6.92 Å². The number of aliphatic hydroxyl groups is 1. The molecule has 0 bridgehead atoms. The van der Waals surface area contributed by atoms with E-state index in [-0.39, 0.29) is 10.0 Å². The number of hydrogen-bond donors (Lipinski definition) is 1. The highest BCUT2D eigenvalue weighted by Gasteiger charge is 2.40. The average Bonchev–Trinajstić information content (AvgIpc) is 2.01. The minimum atomic E-state index is -4.63. The van der Waals surface area contributed by atoms with Crippen LogP contribution in [0.4, 0.5) is 13.2 Å². The molecular weight excluding hydrogens is 261 g/mol. The van der Waals surface area contributed by atoms with Crippen LogP contribution in [0.1, 0.15) is 17.2 Å². The molecule has 1 N–H and O–H groups in total. The Kier molecular flexibility index (Phi) is 3.21. The fraction of sp³-hybridized carbons (Fsp3) is 0.333. The van der Waals surface area contributed by atoms with Gasteiger partial charge in [0.15, 0.2) is 6.10 Å². The molecule has 14 heavy (non-hydrogen) atoms. The molecular formula is C9H8BrF3O. The van der Waals surface area contributed by atoms with Crippen molar-refractivity contribution in [3.05, 3.63) is 33.8 Å². The van der Waals surface area contributed by atoms with Gasteiger partial charge >= 0.3 is 6.18 Å². The van der Waals surface area contributed by atoms with Crippen LogP contribution in [-0.2, 0) is 0 Å². The zero-order chi connectivity index (χ0) is 10.9. The first-order valence-corrected chi connectivity index (χ1v) is 4.62. The number of aryl methyl sites for hydroxylation is 1. The minimum absolute atomic E-state index is 0.164. The molecule has 0 fully saturated rings. The molecule has 1 unspecified atom stereocenters. The Hall–Kier alpha value is -0.550. The molecule has 0 aliphatic rings. The highest BCUT2D eigenvalue weighted by Crippen LogP contribution is 2.36. The maximum absolute atomic E-state index is 12.1. The maximum atomic E-state index is 12.1. The first-order valence-electron chi connectivity index (χ1n) is 3.83. The van der Waals surface area contributed by atoms with E-state index in [1.165, 1.54) is 18.2 Å². The van der Waals surface area contributed by atoms with Crippen LogP contribution >= 0.6 is 15.9 Å². The zero-order valence-corrected chi connectivity index (χ0v) is 8.85. The van der Waals surface area contributed by atoms with E-state index in [2.05, 4.69) is 15.9 Å². The number of aliphatic hydroxyl groups excluding tert-OH is 1. The van der Waals surface area contributed by atoms with Crippen molar-refractivity contribution >= 4 is 15.9 Å². The lowest BCUT2D eigenvalue weighted by Gasteiger charge is -2.16. The molecule has 0 saturated carbocycles. The van der Waals surface area contributed by atoms with Crippen LogP contribution in [0.25, 0.3) is 0 Å². The summed E-state index contributed by atoms with van der Waals surface area (Å²) < 4.78 is 36.7. The minimum Gasteiger partial charge on any atom is -0.379 e. The standard InChI is InChI=1S/C9H8BrF3O/c1-5-2-3-6(7(10)4-5)8(14)9(11,12)13/h2-4,8,14H,1H3. The predicted octanol–water partition coefficient (Wildman–Crippen LogP) is 3.35. The van der Waals surface area contributed by atoms with Gasteiger partial charge in [0.05, 0.1) is 0 Å². The molecule has 1 aromatic carbocycles. The van der Waals surface area contributed by atoms with Crippen LogP contribution < -0.4 is 0 Å². The lowest BCUT2D eigenvalue weighted by molar-refractivity contribution is -0.207. The van der Waals surface area contributed by atoms with Crippen molar-refractivity contribution < 1.29 is 18.3 Å². The van der Waals surface area contributed by atoms with Gasteiger partial charge in [-0.1, -0.05) is 28.1 Å². The van der Waals surface area contributed by atoms with E-state index < -0.39 is 12.3 Å². The van der Waals surface area contributed by atoms with Crippen molar-refractivity contribution in [2.24, 2.45) is 0 Å². The summed E-state index contributed by atoms with van der Waals surface area (Å²) in [7, 11) is 0. The maximum Gasteiger partial charge on any atom is 0.418 e. The molecule has 0 amide bonds. The van der Waals surface area contributed by atoms with E-state index in [1.54, 1.807) is 6.92 Å². The summed E-state index contributed by atoms with van der Waals surface area (Å²) in [5.74, 6) is 0. The Morgan fingerprint density at radius 1 is 1.36 bits per heavy atom. The summed E-state index contributed by atoms with van der Waals surface area (Å²) in [5.41, 5.74) is 0.665. The van der Waals surface area contributed by atoms with E-state index in [1.807, 2.05) is 0 Å². The van der Waals surface area contributed by atoms with E-state index in [9.17, 15) is 13.2 Å². The van der Waals surface area contributed by atoms with Crippen molar-refractivity contribution in [2.45, 2.75) is 19.2 Å². The summed E-state index contributed by atoms with van der Waals surface area (Å²) in [6.07, 6.45) is -7.06. The van der Waals surface area contributed by atoms with Crippen molar-refractivity contribution in [3.63, 3.8) is 0 Å². The van der Waals surface area contributed by atoms with Gasteiger partial charge in [0.2, 0.25) is 0 Å². The molecule has 0 radical (unpaired) electrons. The van der Waals surface area contributed by atoms with Gasteiger partial charge in [-0.15, -0.1) is 0 Å². The molecule has 0 aromatic heterocycles. The molecule has 1 aromatic rings. The Morgan fingerprint density at radius 2 is 1.93 bits per heavy atom. The largest absolute Gasteiger partial charge is 0.418 e. The lowest BCUT2D eigenvalue weighted by Crippen LogP contribution is -2.20. The van der Waals surface area contributed by atoms with Gasteiger partial charge in [0, 0.05) is 10.0 Å². The topological polar surface area (TPSA) is 20.2 Å². The quantitative estimate of drug-likeness (QED) is 0.828. The highest BCUT2D eigenvalue weighted by molar-refractivity contribution is 9.10. The summed E-state index contributed by atoms with van der Waals surface area (Å²) in [6.45, 7) is 1.76. The fourth-order valence-corrected chi connectivity index (χ4v) is 1.74. The summed E-state index contributed by atoms with van der Waals surface area (Å²) >= 11 is 2.98. The fourth-order valence-electron chi connectivity index (χ4n) is 1.03. The number of halogens is 4. The van der Waals surface area contributed by atoms with Crippen LogP contribution in [0.3, 0.4) is 0 Å².